The van der Waals surface area contributed by atoms with Crippen molar-refractivity contribution in [3.8, 4) is 5.75 Å². The van der Waals surface area contributed by atoms with E-state index in [1.807, 2.05) is 32.0 Å². The van der Waals surface area contributed by atoms with Crippen molar-refractivity contribution in [3.63, 3.8) is 0 Å². The fourth-order valence-electron chi connectivity index (χ4n) is 2.75. The Hall–Kier alpha value is -2.19. The predicted octanol–water partition coefficient (Wildman–Crippen LogP) is 6.10. The number of carbonyl (C=O) groups excluding carboxylic acids is 1. The molecule has 0 unspecified atom stereocenters. The average molecular weight is 512 g/mol. The van der Waals surface area contributed by atoms with E-state index in [1.54, 1.807) is 6.92 Å². The predicted molar refractivity (Wildman–Crippen MR) is 111 cm³/mol. The van der Waals surface area contributed by atoms with Crippen LogP contribution < -0.4 is 10.1 Å². The van der Waals surface area contributed by atoms with Gasteiger partial charge in [0.15, 0.2) is 5.69 Å². The molecule has 0 aliphatic carbocycles. The molecule has 2 aromatic carbocycles. The number of anilines is 1. The summed E-state index contributed by atoms with van der Waals surface area (Å²) in [5, 5.41) is 6.59. The lowest BCUT2D eigenvalue weighted by Crippen LogP contribution is -2.16. The lowest BCUT2D eigenvalue weighted by atomic mass is 10.1. The number of amides is 1. The third kappa shape index (κ3) is 4.28. The topological polar surface area (TPSA) is 64.4 Å². The van der Waals surface area contributed by atoms with Crippen LogP contribution in [0.25, 0.3) is 0 Å². The van der Waals surface area contributed by atoms with E-state index in [0.29, 0.717) is 26.0 Å². The molecule has 5 nitrogen and oxygen atoms in total. The average Bonchev–Trinajstić information content (AvgIpc) is 2.98. The number of halogens is 3. The molecule has 0 fully saturated rings. The first-order valence-electron chi connectivity index (χ1n) is 8.38. The fraction of sp³-hybridized carbons (Fsp3) is 0.200. The minimum atomic E-state index is -0.482. The molecule has 8 heteroatoms. The zero-order valence-electron chi connectivity index (χ0n) is 15.4. The van der Waals surface area contributed by atoms with Crippen LogP contribution in [-0.2, 0) is 6.61 Å². The van der Waals surface area contributed by atoms with Crippen LogP contribution in [0.3, 0.4) is 0 Å². The van der Waals surface area contributed by atoms with Crippen molar-refractivity contribution in [3.05, 3.63) is 73.2 Å². The largest absolute Gasteiger partial charge is 0.488 e. The Kier molecular flexibility index (Phi) is 6.20. The Morgan fingerprint density at radius 3 is 2.39 bits per heavy atom. The number of nitrogens with zero attached hydrogens (tertiary/aromatic N) is 1. The number of para-hydroxylation sites is 1. The zero-order valence-corrected chi connectivity index (χ0v) is 18.6. The van der Waals surface area contributed by atoms with Gasteiger partial charge in [-0.3, -0.25) is 4.79 Å². The van der Waals surface area contributed by atoms with Gasteiger partial charge in [0.1, 0.15) is 23.9 Å². The van der Waals surface area contributed by atoms with Crippen molar-refractivity contribution in [2.45, 2.75) is 27.4 Å². The molecule has 28 heavy (non-hydrogen) atoms. The van der Waals surface area contributed by atoms with Gasteiger partial charge in [-0.25, -0.2) is 4.39 Å². The second-order valence-corrected chi connectivity index (χ2v) is 7.98. The minimum Gasteiger partial charge on any atom is -0.488 e. The van der Waals surface area contributed by atoms with E-state index in [-0.39, 0.29) is 12.3 Å². The van der Waals surface area contributed by atoms with Crippen LogP contribution >= 0.6 is 31.9 Å². The van der Waals surface area contributed by atoms with Crippen LogP contribution in [0.2, 0.25) is 0 Å². The van der Waals surface area contributed by atoms with Gasteiger partial charge >= 0.3 is 0 Å². The molecule has 3 aromatic rings. The first-order chi connectivity index (χ1) is 13.3. The monoisotopic (exact) mass is 510 g/mol. The number of rotatable bonds is 5. The highest BCUT2D eigenvalue weighted by Crippen LogP contribution is 2.33. The van der Waals surface area contributed by atoms with Crippen molar-refractivity contribution in [1.82, 2.24) is 5.16 Å². The normalized spacial score (nSPS) is 10.8. The SMILES string of the molecule is Cc1cccc(C)c1OCc1c(C(=O)Nc2c(Br)cc(F)cc2Br)noc1C. The van der Waals surface area contributed by atoms with Crippen LogP contribution in [0.4, 0.5) is 10.1 Å². The quantitative estimate of drug-likeness (QED) is 0.449. The highest BCUT2D eigenvalue weighted by atomic mass is 79.9. The molecule has 1 N–H and O–H groups in total. The third-order valence-electron chi connectivity index (χ3n) is 4.21. The van der Waals surface area contributed by atoms with Gasteiger partial charge in [-0.1, -0.05) is 23.4 Å². The maximum atomic E-state index is 13.4. The van der Waals surface area contributed by atoms with E-state index in [0.717, 1.165) is 16.9 Å². The van der Waals surface area contributed by atoms with Gasteiger partial charge in [0.05, 0.1) is 11.3 Å². The second kappa shape index (κ2) is 8.45. The summed E-state index contributed by atoms with van der Waals surface area (Å²) in [5.41, 5.74) is 3.06. The molecular weight excluding hydrogens is 495 g/mol. The van der Waals surface area contributed by atoms with Gasteiger partial charge in [0, 0.05) is 8.95 Å². The summed E-state index contributed by atoms with van der Waals surface area (Å²) in [7, 11) is 0. The van der Waals surface area contributed by atoms with Gasteiger partial charge in [-0.15, -0.1) is 0 Å². The second-order valence-electron chi connectivity index (χ2n) is 6.27. The molecule has 1 amide bonds. The summed E-state index contributed by atoms with van der Waals surface area (Å²) >= 11 is 6.49. The molecule has 3 rings (SSSR count). The number of benzene rings is 2. The van der Waals surface area contributed by atoms with Gasteiger partial charge < -0.3 is 14.6 Å². The number of aromatic nitrogens is 1. The van der Waals surface area contributed by atoms with E-state index in [4.69, 9.17) is 9.26 Å². The summed E-state index contributed by atoms with van der Waals surface area (Å²) < 4.78 is 25.4. The molecule has 146 valence electrons. The van der Waals surface area contributed by atoms with Crippen molar-refractivity contribution < 1.29 is 18.4 Å². The van der Waals surface area contributed by atoms with Crippen molar-refractivity contribution >= 4 is 43.5 Å². The van der Waals surface area contributed by atoms with Crippen molar-refractivity contribution in [1.29, 1.82) is 0 Å². The Morgan fingerprint density at radius 1 is 1.18 bits per heavy atom. The maximum absolute atomic E-state index is 13.4. The minimum absolute atomic E-state index is 0.117. The Labute approximate surface area is 178 Å². The Bertz CT molecular complexity index is 1010. The summed E-state index contributed by atoms with van der Waals surface area (Å²) in [5.74, 6) is 0.341. The molecule has 0 saturated carbocycles. The van der Waals surface area contributed by atoms with Gasteiger partial charge in [-0.05, 0) is 75.9 Å². The summed E-state index contributed by atoms with van der Waals surface area (Å²) in [6.07, 6.45) is 0. The van der Waals surface area contributed by atoms with Crippen LogP contribution in [0, 0.1) is 26.6 Å². The highest BCUT2D eigenvalue weighted by Gasteiger charge is 2.22. The summed E-state index contributed by atoms with van der Waals surface area (Å²) in [6, 6.07) is 8.40. The van der Waals surface area contributed by atoms with E-state index < -0.39 is 11.7 Å². The molecular formula is C20H17Br2FN2O3. The van der Waals surface area contributed by atoms with Crippen LogP contribution in [-0.4, -0.2) is 11.1 Å². The van der Waals surface area contributed by atoms with E-state index in [1.165, 1.54) is 12.1 Å². The van der Waals surface area contributed by atoms with Crippen LogP contribution in [0.15, 0.2) is 43.8 Å². The molecule has 0 aliphatic rings. The van der Waals surface area contributed by atoms with Crippen molar-refractivity contribution in [2.24, 2.45) is 0 Å². The number of ether oxygens (including phenoxy) is 1. The van der Waals surface area contributed by atoms with E-state index >= 15 is 0 Å². The number of nitrogens with one attached hydrogen (secondary N) is 1. The molecule has 0 spiro atoms. The van der Waals surface area contributed by atoms with Crippen molar-refractivity contribution in [2.75, 3.05) is 5.32 Å². The summed E-state index contributed by atoms with van der Waals surface area (Å²) in [4.78, 5) is 12.8. The smallest absolute Gasteiger partial charge is 0.278 e. The lowest BCUT2D eigenvalue weighted by Gasteiger charge is -2.12. The highest BCUT2D eigenvalue weighted by molar-refractivity contribution is 9.11. The fourth-order valence-corrected chi connectivity index (χ4v) is 4.07. The maximum Gasteiger partial charge on any atom is 0.278 e. The van der Waals surface area contributed by atoms with Gasteiger partial charge in [0.2, 0.25) is 0 Å². The number of aryl methyl sites for hydroxylation is 3. The zero-order chi connectivity index (χ0) is 20.4. The van der Waals surface area contributed by atoms with E-state index in [2.05, 4.69) is 42.3 Å². The molecule has 1 aromatic heterocycles. The first kappa shape index (κ1) is 20.5. The van der Waals surface area contributed by atoms with Crippen LogP contribution in [0.5, 0.6) is 5.75 Å². The van der Waals surface area contributed by atoms with E-state index in [9.17, 15) is 9.18 Å². The Morgan fingerprint density at radius 2 is 1.79 bits per heavy atom. The molecule has 0 atom stereocenters. The lowest BCUT2D eigenvalue weighted by molar-refractivity contribution is 0.101. The number of hydrogen-bond donors (Lipinski definition) is 1. The number of hydrogen-bond acceptors (Lipinski definition) is 4. The first-order valence-corrected chi connectivity index (χ1v) is 9.96. The Balaban J connectivity index is 1.84. The van der Waals surface area contributed by atoms with Gasteiger partial charge in [-0.2, -0.15) is 0 Å². The standard InChI is InChI=1S/C20H17Br2FN2O3/c1-10-5-4-6-11(2)19(10)27-9-14-12(3)28-25-17(14)20(26)24-18-15(21)7-13(23)8-16(18)22/h4-8H,9H2,1-3H3,(H,24,26). The summed E-state index contributed by atoms with van der Waals surface area (Å²) in [6.45, 7) is 5.77. The third-order valence-corrected chi connectivity index (χ3v) is 5.47. The molecule has 1 heterocycles. The molecule has 0 saturated heterocycles. The molecule has 0 radical (unpaired) electrons. The molecule has 0 aliphatic heterocycles. The molecule has 0 bridgehead atoms. The number of carbonyl (C=O) groups is 1. The van der Waals surface area contributed by atoms with Crippen LogP contribution in [0.1, 0.15) is 32.9 Å². The van der Waals surface area contributed by atoms with Gasteiger partial charge in [0.25, 0.3) is 5.91 Å².